The highest BCUT2D eigenvalue weighted by atomic mass is 127. The molecule has 0 amide bonds. The van der Waals surface area contributed by atoms with Crippen LogP contribution in [-0.2, 0) is 0 Å². The fraction of sp³-hybridized carbons (Fsp3) is 0.500. The summed E-state index contributed by atoms with van der Waals surface area (Å²) in [5.74, 6) is 0. The molecule has 0 bridgehead atoms. The predicted octanol–water partition coefficient (Wildman–Crippen LogP) is 0.366. The summed E-state index contributed by atoms with van der Waals surface area (Å²) in [6.45, 7) is 0.406. The van der Waals surface area contributed by atoms with E-state index in [4.69, 9.17) is 5.73 Å². The minimum absolute atomic E-state index is 0.406. The van der Waals surface area contributed by atoms with Gasteiger partial charge in [0.1, 0.15) is 0 Å². The van der Waals surface area contributed by atoms with Gasteiger partial charge in [-0.2, -0.15) is 0 Å². The van der Waals surface area contributed by atoms with Gasteiger partial charge in [0.2, 0.25) is 0 Å². The molecule has 3 heteroatoms. The zero-order valence-electron chi connectivity index (χ0n) is 2.69. The lowest BCUT2D eigenvalue weighted by Gasteiger charge is -1.68. The molecule has 30 valence electrons. The van der Waals surface area contributed by atoms with Crippen LogP contribution in [0.25, 0.3) is 0 Å². The lowest BCUT2D eigenvalue weighted by molar-refractivity contribution is 1.08. The van der Waals surface area contributed by atoms with E-state index >= 15 is 0 Å². The number of nitrogens with zero attached hydrogens (tertiary/aromatic N) is 1. The van der Waals surface area contributed by atoms with Gasteiger partial charge in [-0.1, -0.05) is 0 Å². The Balaban J connectivity index is 2.62. The van der Waals surface area contributed by atoms with Crippen molar-refractivity contribution in [1.29, 1.82) is 0 Å². The van der Waals surface area contributed by atoms with Crippen molar-refractivity contribution in [2.75, 3.05) is 6.67 Å². The van der Waals surface area contributed by atoms with Crippen LogP contribution < -0.4 is 5.73 Å². The van der Waals surface area contributed by atoms with Crippen LogP contribution in [0, 0.1) is 0 Å². The Bertz CT molecular complexity index is 34.6. The van der Waals surface area contributed by atoms with Crippen LogP contribution in [0.15, 0.2) is 4.99 Å². The quantitative estimate of drug-likeness (QED) is 0.463. The van der Waals surface area contributed by atoms with Gasteiger partial charge in [-0.3, -0.25) is 4.99 Å². The summed E-state index contributed by atoms with van der Waals surface area (Å²) in [5, 5.41) is 0. The van der Waals surface area contributed by atoms with Crippen LogP contribution in [-0.4, -0.2) is 10.9 Å². The van der Waals surface area contributed by atoms with Crippen molar-refractivity contribution in [3.8, 4) is 0 Å². The number of hydrogen-bond donors (Lipinski definition) is 1. The van der Waals surface area contributed by atoms with Crippen LogP contribution in [0.3, 0.4) is 0 Å². The van der Waals surface area contributed by atoms with Crippen molar-refractivity contribution in [3.05, 3.63) is 0 Å². The Morgan fingerprint density at radius 3 is 2.60 bits per heavy atom. The van der Waals surface area contributed by atoms with E-state index in [1.807, 2.05) is 22.6 Å². The highest BCUT2D eigenvalue weighted by Gasteiger charge is 1.51. The molecule has 0 aliphatic carbocycles. The van der Waals surface area contributed by atoms with Crippen molar-refractivity contribution in [3.63, 3.8) is 0 Å². The summed E-state index contributed by atoms with van der Waals surface area (Å²) in [4.78, 5) is 3.61. The molecule has 0 aromatic heterocycles. The van der Waals surface area contributed by atoms with Crippen LogP contribution in [0.1, 0.15) is 0 Å². The maximum Gasteiger partial charge on any atom is 0.0864 e. The van der Waals surface area contributed by atoms with Gasteiger partial charge in [0, 0.05) is 0 Å². The number of hydrogen-bond acceptors (Lipinski definition) is 2. The number of aliphatic imine (C=N–C) groups is 1. The summed E-state index contributed by atoms with van der Waals surface area (Å²) >= 11 is 2.02. The van der Waals surface area contributed by atoms with E-state index in [9.17, 15) is 0 Å². The van der Waals surface area contributed by atoms with E-state index in [0.29, 0.717) is 6.67 Å². The largest absolute Gasteiger partial charge is 0.312 e. The summed E-state index contributed by atoms with van der Waals surface area (Å²) in [5.41, 5.74) is 4.94. The smallest absolute Gasteiger partial charge is 0.0864 e. The molecule has 2 N–H and O–H groups in total. The normalized spacial score (nSPS) is 10.0. The van der Waals surface area contributed by atoms with Crippen molar-refractivity contribution in [2.45, 2.75) is 0 Å². The van der Waals surface area contributed by atoms with Crippen molar-refractivity contribution < 1.29 is 0 Å². The molecule has 0 radical (unpaired) electrons. The molecular formula is C2H5IN2. The van der Waals surface area contributed by atoms with Crippen molar-refractivity contribution in [2.24, 2.45) is 10.7 Å². The van der Waals surface area contributed by atoms with Gasteiger partial charge in [0.05, 0.1) is 10.9 Å². The zero-order valence-corrected chi connectivity index (χ0v) is 4.84. The first-order valence-corrected chi connectivity index (χ1v) is 2.45. The maximum atomic E-state index is 4.94. The van der Waals surface area contributed by atoms with Gasteiger partial charge in [0.15, 0.2) is 0 Å². The summed E-state index contributed by atoms with van der Waals surface area (Å²) in [6.07, 6.45) is 0. The van der Waals surface area contributed by atoms with E-state index < -0.39 is 0 Å². The average molecular weight is 184 g/mol. The Kier molecular flexibility index (Phi) is 4.67. The fourth-order valence-corrected chi connectivity index (χ4v) is 0.267. The van der Waals surface area contributed by atoms with Gasteiger partial charge in [-0.25, -0.2) is 0 Å². The van der Waals surface area contributed by atoms with Gasteiger partial charge >= 0.3 is 0 Å². The van der Waals surface area contributed by atoms with Gasteiger partial charge < -0.3 is 5.73 Å². The van der Waals surface area contributed by atoms with E-state index in [2.05, 4.69) is 4.99 Å². The Labute approximate surface area is 44.6 Å². The molecule has 0 unspecified atom stereocenters. The third-order valence-corrected chi connectivity index (χ3v) is 0.568. The van der Waals surface area contributed by atoms with Crippen LogP contribution >= 0.6 is 22.6 Å². The van der Waals surface area contributed by atoms with E-state index in [1.165, 1.54) is 0 Å². The first kappa shape index (κ1) is 5.36. The molecule has 2 nitrogen and oxygen atoms in total. The van der Waals surface area contributed by atoms with E-state index in [1.54, 1.807) is 4.22 Å². The first-order valence-electron chi connectivity index (χ1n) is 1.20. The fourth-order valence-electron chi connectivity index (χ4n) is 0.0398. The lowest BCUT2D eigenvalue weighted by Crippen LogP contribution is -1.91. The third-order valence-electron chi connectivity index (χ3n) is 0.174. The molecule has 0 aromatic carbocycles. The van der Waals surface area contributed by atoms with Crippen molar-refractivity contribution in [1.82, 2.24) is 0 Å². The first-order chi connectivity index (χ1) is 2.41. The molecule has 0 fully saturated rings. The highest BCUT2D eigenvalue weighted by molar-refractivity contribution is 14.1. The molecule has 0 aliphatic heterocycles. The second-order valence-corrected chi connectivity index (χ2v) is 1.02. The second-order valence-electron chi connectivity index (χ2n) is 0.463. The van der Waals surface area contributed by atoms with Crippen molar-refractivity contribution >= 4 is 26.8 Å². The summed E-state index contributed by atoms with van der Waals surface area (Å²) in [7, 11) is 0. The second kappa shape index (κ2) is 4.36. The zero-order chi connectivity index (χ0) is 4.12. The lowest BCUT2D eigenvalue weighted by atomic mass is 11.2. The molecular weight excluding hydrogens is 179 g/mol. The van der Waals surface area contributed by atoms with Gasteiger partial charge in [0.25, 0.3) is 0 Å². The highest BCUT2D eigenvalue weighted by Crippen LogP contribution is 1.65. The maximum absolute atomic E-state index is 4.94. The van der Waals surface area contributed by atoms with E-state index in [-0.39, 0.29) is 0 Å². The molecule has 0 heterocycles. The van der Waals surface area contributed by atoms with Crippen LogP contribution in [0.2, 0.25) is 0 Å². The Hall–Kier alpha value is 0.360. The topological polar surface area (TPSA) is 38.4 Å². The summed E-state index contributed by atoms with van der Waals surface area (Å²) < 4.78 is 1.65. The minimum atomic E-state index is 0.406. The molecule has 0 saturated heterocycles. The minimum Gasteiger partial charge on any atom is -0.312 e. The Morgan fingerprint density at radius 2 is 2.60 bits per heavy atom. The Morgan fingerprint density at radius 1 is 2.00 bits per heavy atom. The third kappa shape index (κ3) is 4.36. The number of nitrogens with two attached hydrogens (primary N) is 1. The molecule has 0 rings (SSSR count). The van der Waals surface area contributed by atoms with Crippen LogP contribution in [0.5, 0.6) is 0 Å². The molecule has 0 spiro atoms. The van der Waals surface area contributed by atoms with Gasteiger partial charge in [-0.15, -0.1) is 0 Å². The number of rotatable bonds is 1. The number of halogens is 1. The molecule has 0 aliphatic rings. The van der Waals surface area contributed by atoms with Crippen LogP contribution in [0.4, 0.5) is 0 Å². The predicted molar refractivity (Wildman–Crippen MR) is 31.6 cm³/mol. The molecule has 0 saturated carbocycles. The van der Waals surface area contributed by atoms with Gasteiger partial charge in [-0.05, 0) is 22.6 Å². The average Bonchev–Trinajstić information content (AvgIpc) is 1.41. The summed E-state index contributed by atoms with van der Waals surface area (Å²) in [6, 6.07) is 0. The molecule has 0 atom stereocenters. The molecule has 5 heavy (non-hydrogen) atoms. The SMILES string of the molecule is NC/N=C\I. The molecule has 0 aromatic rings. The standard InChI is InChI=1S/C2H5IN2/c3-1-5-2-4/h1H,2,4H2/b5-1-. The van der Waals surface area contributed by atoms with E-state index in [0.717, 1.165) is 0 Å². The monoisotopic (exact) mass is 184 g/mol.